The van der Waals surface area contributed by atoms with Gasteiger partial charge < -0.3 is 5.32 Å². The number of amides is 1. The minimum absolute atomic E-state index is 0.203. The Morgan fingerprint density at radius 1 is 1.14 bits per heavy atom. The number of hydrogen-bond donors (Lipinski definition) is 3. The van der Waals surface area contributed by atoms with Gasteiger partial charge in [-0.05, 0) is 70.6 Å². The van der Waals surface area contributed by atoms with E-state index in [0.29, 0.717) is 9.50 Å². The molecule has 0 aliphatic carbocycles. The normalized spacial score (nSPS) is 9.95. The van der Waals surface area contributed by atoms with Crippen molar-refractivity contribution in [3.63, 3.8) is 0 Å². The molecule has 0 atom stereocenters. The molecule has 0 saturated heterocycles. The summed E-state index contributed by atoms with van der Waals surface area (Å²) < 4.78 is 13.3. The molecule has 0 unspecified atom stereocenters. The smallest absolute Gasteiger partial charge is 0.270 e. The monoisotopic (exact) mass is 401 g/mol. The van der Waals surface area contributed by atoms with Gasteiger partial charge in [0.25, 0.3) is 5.91 Å². The van der Waals surface area contributed by atoms with Crippen LogP contribution in [0.1, 0.15) is 10.4 Å². The average Bonchev–Trinajstić information content (AvgIpc) is 2.47. The number of hydrazine groups is 1. The summed E-state index contributed by atoms with van der Waals surface area (Å²) in [7, 11) is 0. The molecule has 2 rings (SSSR count). The highest BCUT2D eigenvalue weighted by Crippen LogP contribution is 2.17. The topological polar surface area (TPSA) is 53.2 Å². The van der Waals surface area contributed by atoms with Crippen LogP contribution in [0.4, 0.5) is 10.1 Å². The lowest BCUT2D eigenvalue weighted by atomic mass is 10.2. The fraction of sp³-hybridized carbons (Fsp3) is 0. The Morgan fingerprint density at radius 3 is 2.45 bits per heavy atom. The third-order valence-electron chi connectivity index (χ3n) is 2.57. The first-order valence-corrected chi connectivity index (χ1v) is 7.61. The quantitative estimate of drug-likeness (QED) is 0.527. The van der Waals surface area contributed by atoms with Crippen LogP contribution in [0.15, 0.2) is 46.9 Å². The molecule has 22 heavy (non-hydrogen) atoms. The highest BCUT2D eigenvalue weighted by atomic mass is 79.9. The number of rotatable bonds is 2. The molecular weight excluding hydrogens is 393 g/mol. The van der Waals surface area contributed by atoms with E-state index in [1.165, 1.54) is 18.2 Å². The number of halogens is 3. The van der Waals surface area contributed by atoms with Crippen molar-refractivity contribution in [3.05, 3.63) is 63.3 Å². The number of thiocarbonyl (C=S) groups is 1. The van der Waals surface area contributed by atoms with Gasteiger partial charge in [0.05, 0.1) is 5.56 Å². The highest BCUT2D eigenvalue weighted by molar-refractivity contribution is 9.10. The van der Waals surface area contributed by atoms with E-state index in [4.69, 9.17) is 23.8 Å². The van der Waals surface area contributed by atoms with E-state index in [0.717, 1.165) is 5.69 Å². The standard InChI is InChI=1S/C14H10BrClFN3OS/c15-12-7-9(17)3-6-11(12)13(21)19-20-14(22)18-10-4-1-8(16)2-5-10/h1-7H,(H,19,21)(H2,18,20,22). The van der Waals surface area contributed by atoms with Gasteiger partial charge in [-0.25, -0.2) is 4.39 Å². The molecule has 0 radical (unpaired) electrons. The number of carbonyl (C=O) groups is 1. The van der Waals surface area contributed by atoms with Crippen molar-refractivity contribution in [3.8, 4) is 0 Å². The van der Waals surface area contributed by atoms with Gasteiger partial charge in [-0.15, -0.1) is 0 Å². The van der Waals surface area contributed by atoms with Crippen LogP contribution in [-0.4, -0.2) is 11.0 Å². The molecule has 0 bridgehead atoms. The zero-order chi connectivity index (χ0) is 16.1. The van der Waals surface area contributed by atoms with Gasteiger partial charge >= 0.3 is 0 Å². The molecule has 2 aromatic rings. The van der Waals surface area contributed by atoms with Crippen molar-refractivity contribution in [2.75, 3.05) is 5.32 Å². The number of carbonyl (C=O) groups excluding carboxylic acids is 1. The average molecular weight is 403 g/mol. The maximum absolute atomic E-state index is 13.0. The van der Waals surface area contributed by atoms with Crippen molar-refractivity contribution in [2.24, 2.45) is 0 Å². The molecule has 3 N–H and O–H groups in total. The molecule has 0 saturated carbocycles. The van der Waals surface area contributed by atoms with Crippen LogP contribution < -0.4 is 16.2 Å². The summed E-state index contributed by atoms with van der Waals surface area (Å²) in [6.45, 7) is 0. The molecule has 1 amide bonds. The van der Waals surface area contributed by atoms with Crippen molar-refractivity contribution < 1.29 is 9.18 Å². The van der Waals surface area contributed by atoms with E-state index in [1.54, 1.807) is 24.3 Å². The van der Waals surface area contributed by atoms with Crippen LogP contribution in [0.3, 0.4) is 0 Å². The van der Waals surface area contributed by atoms with Gasteiger partial charge in [-0.3, -0.25) is 15.6 Å². The van der Waals surface area contributed by atoms with Crippen molar-refractivity contribution in [2.45, 2.75) is 0 Å². The second kappa shape index (κ2) is 7.53. The number of benzene rings is 2. The lowest BCUT2D eigenvalue weighted by Gasteiger charge is -2.12. The van der Waals surface area contributed by atoms with Gasteiger partial charge in [0.1, 0.15) is 5.82 Å². The van der Waals surface area contributed by atoms with Gasteiger partial charge in [0, 0.05) is 15.2 Å². The molecule has 0 aromatic heterocycles. The number of hydrogen-bond acceptors (Lipinski definition) is 2. The number of anilines is 1. The Labute approximate surface area is 145 Å². The maximum Gasteiger partial charge on any atom is 0.270 e. The highest BCUT2D eigenvalue weighted by Gasteiger charge is 2.10. The van der Waals surface area contributed by atoms with E-state index in [9.17, 15) is 9.18 Å². The summed E-state index contributed by atoms with van der Waals surface area (Å²) in [6.07, 6.45) is 0. The zero-order valence-electron chi connectivity index (χ0n) is 11.0. The van der Waals surface area contributed by atoms with E-state index in [-0.39, 0.29) is 10.7 Å². The SMILES string of the molecule is O=C(NNC(=S)Nc1ccc(Cl)cc1)c1ccc(F)cc1Br. The van der Waals surface area contributed by atoms with Gasteiger partial charge in [-0.2, -0.15) is 0 Å². The van der Waals surface area contributed by atoms with Gasteiger partial charge in [-0.1, -0.05) is 11.6 Å². The van der Waals surface area contributed by atoms with Crippen LogP contribution in [0, 0.1) is 5.82 Å². The first-order valence-electron chi connectivity index (χ1n) is 6.03. The Bertz CT molecular complexity index is 712. The van der Waals surface area contributed by atoms with E-state index in [1.807, 2.05) is 0 Å². The largest absolute Gasteiger partial charge is 0.331 e. The summed E-state index contributed by atoms with van der Waals surface area (Å²) in [6, 6.07) is 10.7. The van der Waals surface area contributed by atoms with Crippen LogP contribution in [0.5, 0.6) is 0 Å². The van der Waals surface area contributed by atoms with E-state index in [2.05, 4.69) is 32.1 Å². The molecule has 0 fully saturated rings. The molecular formula is C14H10BrClFN3OS. The first kappa shape index (κ1) is 16.7. The molecule has 0 spiro atoms. The predicted octanol–water partition coefficient (Wildman–Crippen LogP) is 3.87. The summed E-state index contributed by atoms with van der Waals surface area (Å²) in [5.74, 6) is -0.886. The maximum atomic E-state index is 13.0. The minimum atomic E-state index is -0.452. The van der Waals surface area contributed by atoms with Crippen molar-refractivity contribution >= 4 is 56.5 Å². The molecule has 0 heterocycles. The Kier molecular flexibility index (Phi) is 5.70. The third-order valence-corrected chi connectivity index (χ3v) is 3.68. The Hall–Kier alpha value is -1.70. The van der Waals surface area contributed by atoms with E-state index >= 15 is 0 Å². The predicted molar refractivity (Wildman–Crippen MR) is 92.4 cm³/mol. The lowest BCUT2D eigenvalue weighted by molar-refractivity contribution is 0.0943. The second-order valence-electron chi connectivity index (χ2n) is 4.16. The third kappa shape index (κ3) is 4.66. The zero-order valence-corrected chi connectivity index (χ0v) is 14.2. The summed E-state index contributed by atoms with van der Waals surface area (Å²) in [5.41, 5.74) is 5.98. The molecule has 4 nitrogen and oxygen atoms in total. The fourth-order valence-corrected chi connectivity index (χ4v) is 2.38. The summed E-state index contributed by atoms with van der Waals surface area (Å²) >= 11 is 14.0. The fourth-order valence-electron chi connectivity index (χ4n) is 1.55. The summed E-state index contributed by atoms with van der Waals surface area (Å²) in [5, 5.41) is 3.69. The number of nitrogens with one attached hydrogen (secondary N) is 3. The van der Waals surface area contributed by atoms with Crippen LogP contribution in [0.25, 0.3) is 0 Å². The van der Waals surface area contributed by atoms with Crippen LogP contribution >= 0.6 is 39.7 Å². The Balaban J connectivity index is 1.90. The van der Waals surface area contributed by atoms with Gasteiger partial charge in [0.15, 0.2) is 5.11 Å². The molecule has 0 aliphatic heterocycles. The van der Waals surface area contributed by atoms with E-state index < -0.39 is 11.7 Å². The van der Waals surface area contributed by atoms with Crippen LogP contribution in [0.2, 0.25) is 5.02 Å². The molecule has 8 heteroatoms. The van der Waals surface area contributed by atoms with Crippen molar-refractivity contribution in [1.29, 1.82) is 0 Å². The Morgan fingerprint density at radius 2 is 1.82 bits per heavy atom. The van der Waals surface area contributed by atoms with Gasteiger partial charge in [0.2, 0.25) is 0 Å². The lowest BCUT2D eigenvalue weighted by Crippen LogP contribution is -2.43. The molecule has 2 aromatic carbocycles. The first-order chi connectivity index (χ1) is 10.5. The van der Waals surface area contributed by atoms with Crippen LogP contribution in [-0.2, 0) is 0 Å². The minimum Gasteiger partial charge on any atom is -0.331 e. The molecule has 114 valence electrons. The van der Waals surface area contributed by atoms with Crippen molar-refractivity contribution in [1.82, 2.24) is 10.9 Å². The summed E-state index contributed by atoms with van der Waals surface area (Å²) in [4.78, 5) is 11.9. The second-order valence-corrected chi connectivity index (χ2v) is 5.86. The molecule has 0 aliphatic rings.